The third-order valence-electron chi connectivity index (χ3n) is 6.63. The molecule has 35 heavy (non-hydrogen) atoms. The molecule has 7 nitrogen and oxygen atoms in total. The van der Waals surface area contributed by atoms with Crippen molar-refractivity contribution in [3.8, 4) is 6.07 Å². The molecule has 3 aromatic rings. The molecule has 0 amide bonds. The van der Waals surface area contributed by atoms with Crippen LogP contribution in [0.2, 0.25) is 0 Å². The number of benzene rings is 2. The summed E-state index contributed by atoms with van der Waals surface area (Å²) < 4.78 is 7.44. The van der Waals surface area contributed by atoms with Gasteiger partial charge in [-0.15, -0.1) is 0 Å². The normalized spacial score (nSPS) is 18.3. The molecule has 1 unspecified atom stereocenters. The van der Waals surface area contributed by atoms with Gasteiger partial charge in [-0.25, -0.2) is 4.98 Å². The quantitative estimate of drug-likeness (QED) is 0.369. The van der Waals surface area contributed by atoms with Crippen LogP contribution in [0, 0.1) is 23.7 Å². The van der Waals surface area contributed by atoms with E-state index >= 15 is 0 Å². The lowest BCUT2D eigenvalue weighted by molar-refractivity contribution is -0.163. The first-order valence-electron chi connectivity index (χ1n) is 11.9. The van der Waals surface area contributed by atoms with Crippen molar-refractivity contribution in [1.82, 2.24) is 14.5 Å². The van der Waals surface area contributed by atoms with Gasteiger partial charge in [0.25, 0.3) is 0 Å². The van der Waals surface area contributed by atoms with E-state index in [1.54, 1.807) is 25.4 Å². The van der Waals surface area contributed by atoms with Crippen LogP contribution in [-0.4, -0.2) is 45.9 Å². The van der Waals surface area contributed by atoms with Crippen LogP contribution in [0.4, 0.5) is 0 Å². The molecule has 1 aromatic heterocycles. The predicted octanol–water partition coefficient (Wildman–Crippen LogP) is 3.68. The Morgan fingerprint density at radius 1 is 1.17 bits per heavy atom. The Hall–Kier alpha value is -3.76. The first-order chi connectivity index (χ1) is 16.9. The van der Waals surface area contributed by atoms with E-state index in [1.807, 2.05) is 54.1 Å². The zero-order valence-corrected chi connectivity index (χ0v) is 20.2. The number of hydrogen-bond acceptors (Lipinski definition) is 6. The summed E-state index contributed by atoms with van der Waals surface area (Å²) in [5.41, 5.74) is 3.61. The van der Waals surface area contributed by atoms with Crippen LogP contribution in [-0.2, 0) is 33.8 Å². The molecule has 4 rings (SSSR count). The smallest absolute Gasteiger partial charge is 0.320 e. The maximum absolute atomic E-state index is 13.5. The minimum Gasteiger partial charge on any atom is -0.465 e. The second-order valence-corrected chi connectivity index (χ2v) is 9.17. The van der Waals surface area contributed by atoms with E-state index in [-0.39, 0.29) is 18.9 Å². The Balaban J connectivity index is 1.47. The number of nitrogens with zero attached hydrogens (tertiary/aromatic N) is 4. The van der Waals surface area contributed by atoms with E-state index in [2.05, 4.69) is 16.0 Å². The van der Waals surface area contributed by atoms with E-state index in [1.165, 1.54) is 0 Å². The maximum atomic E-state index is 13.5. The fourth-order valence-electron chi connectivity index (χ4n) is 4.70. The van der Waals surface area contributed by atoms with Crippen molar-refractivity contribution in [3.63, 3.8) is 0 Å². The molecule has 7 heteroatoms. The summed E-state index contributed by atoms with van der Waals surface area (Å²) in [4.78, 5) is 32.9. The van der Waals surface area contributed by atoms with Crippen LogP contribution in [0.25, 0.3) is 0 Å². The van der Waals surface area contributed by atoms with Gasteiger partial charge in [-0.3, -0.25) is 14.5 Å². The second-order valence-electron chi connectivity index (χ2n) is 9.17. The molecule has 0 radical (unpaired) electrons. The van der Waals surface area contributed by atoms with Gasteiger partial charge >= 0.3 is 5.97 Å². The van der Waals surface area contributed by atoms with Gasteiger partial charge in [0, 0.05) is 25.8 Å². The topological polar surface area (TPSA) is 88.2 Å². The summed E-state index contributed by atoms with van der Waals surface area (Å²) >= 11 is 0. The monoisotopic (exact) mass is 470 g/mol. The van der Waals surface area contributed by atoms with Gasteiger partial charge in [0.2, 0.25) is 0 Å². The molecule has 0 bridgehead atoms. The molecule has 0 N–H and O–H groups in total. The van der Waals surface area contributed by atoms with Crippen molar-refractivity contribution in [2.75, 3.05) is 19.7 Å². The summed E-state index contributed by atoms with van der Waals surface area (Å²) in [7, 11) is 0. The minimum atomic E-state index is -1.15. The molecule has 1 aliphatic heterocycles. The number of esters is 1. The first kappa shape index (κ1) is 24.4. The summed E-state index contributed by atoms with van der Waals surface area (Å²) in [5, 5.41) is 9.00. The fraction of sp³-hybridized carbons (Fsp3) is 0.357. The molecule has 1 fully saturated rings. The number of piperidine rings is 1. The third-order valence-corrected chi connectivity index (χ3v) is 6.63. The Labute approximate surface area is 206 Å². The number of imidazole rings is 1. The number of carbonyl (C=O) groups excluding carboxylic acids is 2. The van der Waals surface area contributed by atoms with Gasteiger partial charge in [-0.05, 0) is 49.9 Å². The Morgan fingerprint density at radius 3 is 2.66 bits per heavy atom. The van der Waals surface area contributed by atoms with Crippen molar-refractivity contribution in [2.45, 2.75) is 39.8 Å². The SMILES string of the molecule is CCOC(=O)C1(Cc2cccc(C)c2)CCN(Cc2cncn2Cc2ccc(C#N)cc2)CC1=O. The highest BCUT2D eigenvalue weighted by molar-refractivity contribution is 6.05. The van der Waals surface area contributed by atoms with Crippen LogP contribution in [0.1, 0.15) is 41.3 Å². The number of ketones is 1. The molecule has 1 atom stereocenters. The number of carbonyl (C=O) groups is 2. The van der Waals surface area contributed by atoms with Gasteiger partial charge in [0.1, 0.15) is 5.41 Å². The van der Waals surface area contributed by atoms with Crippen molar-refractivity contribution in [1.29, 1.82) is 5.26 Å². The van der Waals surface area contributed by atoms with Crippen LogP contribution in [0.5, 0.6) is 0 Å². The number of ether oxygens (including phenoxy) is 1. The lowest BCUT2D eigenvalue weighted by Crippen LogP contribution is -2.53. The minimum absolute atomic E-state index is 0.0955. The second kappa shape index (κ2) is 10.7. The summed E-state index contributed by atoms with van der Waals surface area (Å²) in [5.74, 6) is -0.515. The van der Waals surface area contributed by atoms with Gasteiger partial charge in [-0.2, -0.15) is 5.26 Å². The molecule has 2 heterocycles. The largest absolute Gasteiger partial charge is 0.465 e. The molecule has 180 valence electrons. The fourth-order valence-corrected chi connectivity index (χ4v) is 4.70. The van der Waals surface area contributed by atoms with Crippen molar-refractivity contribution in [2.24, 2.45) is 5.41 Å². The molecule has 0 saturated carbocycles. The molecule has 2 aromatic carbocycles. The number of likely N-dealkylation sites (tertiary alicyclic amines) is 1. The molecule has 1 aliphatic rings. The van der Waals surface area contributed by atoms with Crippen LogP contribution in [0.15, 0.2) is 61.1 Å². The summed E-state index contributed by atoms with van der Waals surface area (Å²) in [6.07, 6.45) is 4.37. The lowest BCUT2D eigenvalue weighted by atomic mass is 9.72. The molecular formula is C28H30N4O3. The predicted molar refractivity (Wildman–Crippen MR) is 131 cm³/mol. The highest BCUT2D eigenvalue weighted by atomic mass is 16.5. The number of Topliss-reactive ketones (excluding diaryl/α,β-unsaturated/α-hetero) is 1. The number of hydrogen-bond donors (Lipinski definition) is 0. The van der Waals surface area contributed by atoms with Crippen molar-refractivity contribution >= 4 is 11.8 Å². The number of aromatic nitrogens is 2. The standard InChI is InChI=1S/C28H30N4O3/c1-3-35-27(34)28(14-24-6-4-5-21(2)13-24)11-12-31(19-26(28)33)18-25-16-30-20-32(25)17-23-9-7-22(15-29)8-10-23/h4-10,13,16,20H,3,11-12,14,17-19H2,1-2H3. The highest BCUT2D eigenvalue weighted by Gasteiger charge is 2.49. The Kier molecular flexibility index (Phi) is 7.42. The van der Waals surface area contributed by atoms with Crippen molar-refractivity contribution in [3.05, 3.63) is 89.0 Å². The van der Waals surface area contributed by atoms with E-state index in [0.717, 1.165) is 22.4 Å². The summed E-state index contributed by atoms with van der Waals surface area (Å²) in [6, 6.07) is 17.6. The van der Waals surface area contributed by atoms with Crippen LogP contribution >= 0.6 is 0 Å². The highest BCUT2D eigenvalue weighted by Crippen LogP contribution is 2.35. The number of rotatable bonds is 8. The maximum Gasteiger partial charge on any atom is 0.320 e. The first-order valence-corrected chi connectivity index (χ1v) is 11.9. The molecule has 0 aliphatic carbocycles. The zero-order chi connectivity index (χ0) is 24.8. The van der Waals surface area contributed by atoms with Crippen LogP contribution < -0.4 is 0 Å². The van der Waals surface area contributed by atoms with E-state index in [9.17, 15) is 9.59 Å². The third kappa shape index (κ3) is 5.50. The summed E-state index contributed by atoms with van der Waals surface area (Å²) in [6.45, 7) is 6.01. The molecular weight excluding hydrogens is 440 g/mol. The van der Waals surface area contributed by atoms with E-state index in [4.69, 9.17) is 10.00 Å². The molecule has 0 spiro atoms. The molecule has 1 saturated heterocycles. The number of aryl methyl sites for hydroxylation is 1. The van der Waals surface area contributed by atoms with Gasteiger partial charge < -0.3 is 9.30 Å². The average Bonchev–Trinajstić information content (AvgIpc) is 3.28. The van der Waals surface area contributed by atoms with Crippen LogP contribution in [0.3, 0.4) is 0 Å². The Morgan fingerprint density at radius 2 is 1.97 bits per heavy atom. The van der Waals surface area contributed by atoms with E-state index < -0.39 is 11.4 Å². The Bertz CT molecular complexity index is 1240. The van der Waals surface area contributed by atoms with Crippen molar-refractivity contribution < 1.29 is 14.3 Å². The van der Waals surface area contributed by atoms with Gasteiger partial charge in [0.15, 0.2) is 5.78 Å². The van der Waals surface area contributed by atoms with Gasteiger partial charge in [0.05, 0.1) is 36.8 Å². The number of nitriles is 1. The van der Waals surface area contributed by atoms with Gasteiger partial charge in [-0.1, -0.05) is 42.0 Å². The van der Waals surface area contributed by atoms with E-state index in [0.29, 0.717) is 38.0 Å². The lowest BCUT2D eigenvalue weighted by Gasteiger charge is -2.38. The average molecular weight is 471 g/mol. The zero-order valence-electron chi connectivity index (χ0n) is 20.2.